The Morgan fingerprint density at radius 1 is 1.24 bits per heavy atom. The number of amides is 1. The molecule has 0 saturated carbocycles. The number of piperazine rings is 1. The third-order valence-corrected chi connectivity index (χ3v) is 3.97. The van der Waals surface area contributed by atoms with Crippen molar-refractivity contribution in [1.82, 2.24) is 15.1 Å². The molecule has 0 unspecified atom stereocenters. The van der Waals surface area contributed by atoms with E-state index in [0.717, 1.165) is 32.7 Å². The Morgan fingerprint density at radius 2 is 1.86 bits per heavy atom. The minimum absolute atomic E-state index is 0.234. The van der Waals surface area contributed by atoms with Gasteiger partial charge in [-0.05, 0) is 24.1 Å². The average molecular weight is 289 g/mol. The number of hydrogen-bond donors (Lipinski definition) is 1. The highest BCUT2D eigenvalue weighted by molar-refractivity contribution is 5.78. The number of nitrogens with one attached hydrogen (secondary N) is 1. The lowest BCUT2D eigenvalue weighted by Crippen LogP contribution is -2.49. The highest BCUT2D eigenvalue weighted by atomic mass is 16.2. The molecular weight excluding hydrogens is 262 g/mol. The van der Waals surface area contributed by atoms with Crippen molar-refractivity contribution in [3.63, 3.8) is 0 Å². The molecule has 1 aromatic rings. The normalized spacial score (nSPS) is 15.8. The van der Waals surface area contributed by atoms with Crippen molar-refractivity contribution in [1.29, 1.82) is 0 Å². The van der Waals surface area contributed by atoms with Crippen LogP contribution in [-0.4, -0.2) is 55.5 Å². The molecule has 4 heteroatoms. The molecule has 21 heavy (non-hydrogen) atoms. The van der Waals surface area contributed by atoms with Crippen molar-refractivity contribution in [2.45, 2.75) is 26.3 Å². The van der Waals surface area contributed by atoms with Gasteiger partial charge in [0.25, 0.3) is 0 Å². The standard InChI is InChI=1S/C17H27N3O/c1-14(2)16-6-4-15(5-7-16)12-19(3)13-17(21)20-10-8-18-9-11-20/h4-7,14,18H,8-13H2,1-3H3. The second kappa shape index (κ2) is 7.57. The Morgan fingerprint density at radius 3 is 2.43 bits per heavy atom. The van der Waals surface area contributed by atoms with Gasteiger partial charge >= 0.3 is 0 Å². The van der Waals surface area contributed by atoms with Gasteiger partial charge in [-0.15, -0.1) is 0 Å². The van der Waals surface area contributed by atoms with Crippen LogP contribution in [0, 0.1) is 0 Å². The number of benzene rings is 1. The van der Waals surface area contributed by atoms with Crippen LogP contribution in [-0.2, 0) is 11.3 Å². The molecule has 1 aromatic carbocycles. The fraction of sp³-hybridized carbons (Fsp3) is 0.588. The minimum Gasteiger partial charge on any atom is -0.339 e. The number of rotatable bonds is 5. The van der Waals surface area contributed by atoms with E-state index < -0.39 is 0 Å². The van der Waals surface area contributed by atoms with Gasteiger partial charge < -0.3 is 10.2 Å². The largest absolute Gasteiger partial charge is 0.339 e. The first-order valence-electron chi connectivity index (χ1n) is 7.82. The summed E-state index contributed by atoms with van der Waals surface area (Å²) in [4.78, 5) is 16.2. The molecule has 1 amide bonds. The molecule has 1 N–H and O–H groups in total. The van der Waals surface area contributed by atoms with Crippen molar-refractivity contribution in [3.05, 3.63) is 35.4 Å². The van der Waals surface area contributed by atoms with Crippen LogP contribution in [0.4, 0.5) is 0 Å². The van der Waals surface area contributed by atoms with Crippen LogP contribution < -0.4 is 5.32 Å². The SMILES string of the molecule is CC(C)c1ccc(CN(C)CC(=O)N2CCNCC2)cc1. The van der Waals surface area contributed by atoms with Crippen molar-refractivity contribution >= 4 is 5.91 Å². The third-order valence-electron chi connectivity index (χ3n) is 3.97. The van der Waals surface area contributed by atoms with E-state index in [1.54, 1.807) is 0 Å². The van der Waals surface area contributed by atoms with Gasteiger partial charge in [0, 0.05) is 32.7 Å². The summed E-state index contributed by atoms with van der Waals surface area (Å²) in [5, 5.41) is 3.27. The van der Waals surface area contributed by atoms with E-state index in [9.17, 15) is 4.79 Å². The van der Waals surface area contributed by atoms with Crippen LogP contribution in [0.2, 0.25) is 0 Å². The first-order valence-corrected chi connectivity index (χ1v) is 7.82. The Labute approximate surface area is 128 Å². The smallest absolute Gasteiger partial charge is 0.236 e. The molecule has 4 nitrogen and oxygen atoms in total. The lowest BCUT2D eigenvalue weighted by Gasteiger charge is -2.29. The predicted octanol–water partition coefficient (Wildman–Crippen LogP) is 1.67. The number of carbonyl (C=O) groups is 1. The van der Waals surface area contributed by atoms with Gasteiger partial charge in [-0.3, -0.25) is 9.69 Å². The number of hydrogen-bond acceptors (Lipinski definition) is 3. The molecule has 0 atom stereocenters. The van der Waals surface area contributed by atoms with Gasteiger partial charge in [-0.2, -0.15) is 0 Å². The summed E-state index contributed by atoms with van der Waals surface area (Å²) in [5.74, 6) is 0.795. The molecule has 0 radical (unpaired) electrons. The van der Waals surface area contributed by atoms with Gasteiger partial charge in [-0.25, -0.2) is 0 Å². The Hall–Kier alpha value is -1.39. The van der Waals surface area contributed by atoms with Gasteiger partial charge in [0.2, 0.25) is 5.91 Å². The van der Waals surface area contributed by atoms with Crippen molar-refractivity contribution in [3.8, 4) is 0 Å². The average Bonchev–Trinajstić information content (AvgIpc) is 2.48. The second-order valence-corrected chi connectivity index (χ2v) is 6.20. The molecule has 1 fully saturated rings. The van der Waals surface area contributed by atoms with Gasteiger partial charge in [0.1, 0.15) is 0 Å². The van der Waals surface area contributed by atoms with Crippen LogP contribution in [0.25, 0.3) is 0 Å². The van der Waals surface area contributed by atoms with Gasteiger partial charge in [0.05, 0.1) is 6.54 Å². The molecule has 0 aromatic heterocycles. The van der Waals surface area contributed by atoms with Gasteiger partial charge in [-0.1, -0.05) is 38.1 Å². The molecule has 2 rings (SSSR count). The summed E-state index contributed by atoms with van der Waals surface area (Å²) in [6.45, 7) is 9.19. The second-order valence-electron chi connectivity index (χ2n) is 6.20. The van der Waals surface area contributed by atoms with E-state index in [1.165, 1.54) is 11.1 Å². The summed E-state index contributed by atoms with van der Waals surface area (Å²) in [7, 11) is 2.01. The molecule has 0 spiro atoms. The zero-order chi connectivity index (χ0) is 15.2. The Kier molecular flexibility index (Phi) is 5.76. The maximum absolute atomic E-state index is 12.2. The summed E-state index contributed by atoms with van der Waals surface area (Å²) in [6, 6.07) is 8.71. The molecule has 1 heterocycles. The predicted molar refractivity (Wildman–Crippen MR) is 86.3 cm³/mol. The van der Waals surface area contributed by atoms with E-state index in [0.29, 0.717) is 12.5 Å². The lowest BCUT2D eigenvalue weighted by molar-refractivity contribution is -0.132. The van der Waals surface area contributed by atoms with E-state index >= 15 is 0 Å². The molecule has 116 valence electrons. The van der Waals surface area contributed by atoms with Crippen LogP contribution in [0.3, 0.4) is 0 Å². The van der Waals surface area contributed by atoms with E-state index in [2.05, 4.69) is 48.3 Å². The first-order chi connectivity index (χ1) is 10.1. The Balaban J connectivity index is 1.83. The van der Waals surface area contributed by atoms with Crippen LogP contribution in [0.1, 0.15) is 30.9 Å². The molecule has 1 saturated heterocycles. The number of carbonyl (C=O) groups excluding carboxylic acids is 1. The molecule has 1 aliphatic heterocycles. The minimum atomic E-state index is 0.234. The lowest BCUT2D eigenvalue weighted by atomic mass is 10.0. The van der Waals surface area contributed by atoms with Crippen LogP contribution >= 0.6 is 0 Å². The van der Waals surface area contributed by atoms with E-state index in [4.69, 9.17) is 0 Å². The van der Waals surface area contributed by atoms with Crippen molar-refractivity contribution < 1.29 is 4.79 Å². The van der Waals surface area contributed by atoms with Crippen molar-refractivity contribution in [2.75, 3.05) is 39.8 Å². The number of nitrogens with zero attached hydrogens (tertiary/aromatic N) is 2. The zero-order valence-electron chi connectivity index (χ0n) is 13.4. The Bertz CT molecular complexity index is 450. The fourth-order valence-electron chi connectivity index (χ4n) is 2.62. The highest BCUT2D eigenvalue weighted by Gasteiger charge is 2.17. The quantitative estimate of drug-likeness (QED) is 0.896. The number of likely N-dealkylation sites (N-methyl/N-ethyl adjacent to an activating group) is 1. The van der Waals surface area contributed by atoms with Gasteiger partial charge in [0.15, 0.2) is 0 Å². The summed E-state index contributed by atoms with van der Waals surface area (Å²) in [6.07, 6.45) is 0. The van der Waals surface area contributed by atoms with E-state index in [1.807, 2.05) is 11.9 Å². The molecule has 1 aliphatic rings. The highest BCUT2D eigenvalue weighted by Crippen LogP contribution is 2.15. The van der Waals surface area contributed by atoms with Crippen LogP contribution in [0.15, 0.2) is 24.3 Å². The molecule has 0 aliphatic carbocycles. The summed E-state index contributed by atoms with van der Waals surface area (Å²) >= 11 is 0. The van der Waals surface area contributed by atoms with E-state index in [-0.39, 0.29) is 5.91 Å². The summed E-state index contributed by atoms with van der Waals surface area (Å²) in [5.41, 5.74) is 2.62. The molecule has 0 bridgehead atoms. The summed E-state index contributed by atoms with van der Waals surface area (Å²) < 4.78 is 0. The molecular formula is C17H27N3O. The van der Waals surface area contributed by atoms with Crippen LogP contribution in [0.5, 0.6) is 0 Å². The maximum Gasteiger partial charge on any atom is 0.236 e. The fourth-order valence-corrected chi connectivity index (χ4v) is 2.62. The topological polar surface area (TPSA) is 35.6 Å². The monoisotopic (exact) mass is 289 g/mol. The third kappa shape index (κ3) is 4.83. The maximum atomic E-state index is 12.2. The van der Waals surface area contributed by atoms with Crippen molar-refractivity contribution in [2.24, 2.45) is 0 Å². The first kappa shape index (κ1) is 16.0. The zero-order valence-corrected chi connectivity index (χ0v) is 13.4.